The third-order valence-electron chi connectivity index (χ3n) is 5.79. The maximum Gasteiger partial charge on any atom is 0.265 e. The van der Waals surface area contributed by atoms with Crippen molar-refractivity contribution in [2.24, 2.45) is 4.99 Å². The molecule has 2 aromatic carbocycles. The van der Waals surface area contributed by atoms with Crippen molar-refractivity contribution in [2.45, 2.75) is 31.7 Å². The van der Waals surface area contributed by atoms with Crippen molar-refractivity contribution >= 4 is 23.7 Å². The molecule has 0 bridgehead atoms. The number of para-hydroxylation sites is 1. The number of halogens is 1. The molecule has 0 N–H and O–H groups in total. The van der Waals surface area contributed by atoms with Crippen LogP contribution < -0.4 is 4.90 Å². The summed E-state index contributed by atoms with van der Waals surface area (Å²) in [7, 11) is 0. The molecule has 0 aromatic heterocycles. The van der Waals surface area contributed by atoms with E-state index in [1.165, 1.54) is 18.2 Å². The highest BCUT2D eigenvalue weighted by molar-refractivity contribution is 6.29. The number of likely N-dealkylation sites (tertiary alicyclic amines) is 1. The van der Waals surface area contributed by atoms with E-state index in [-0.39, 0.29) is 5.69 Å². The molecule has 0 radical (unpaired) electrons. The van der Waals surface area contributed by atoms with Crippen molar-refractivity contribution in [3.05, 3.63) is 65.5 Å². The number of hydrogen-bond donors (Lipinski definition) is 0. The molecule has 2 aromatic rings. The fourth-order valence-electron chi connectivity index (χ4n) is 4.27. The fourth-order valence-corrected chi connectivity index (χ4v) is 4.27. The van der Waals surface area contributed by atoms with E-state index in [0.717, 1.165) is 30.8 Å². The molecule has 2 aliphatic rings. The number of nitrogens with zero attached hydrogens (tertiary/aromatic N) is 3. The molecule has 29 heavy (non-hydrogen) atoms. The zero-order chi connectivity index (χ0) is 20.4. The minimum atomic E-state index is -0.708. The Labute approximate surface area is 169 Å². The number of imide groups is 1. The number of fused-ring (bicyclic) bond motifs is 1. The van der Waals surface area contributed by atoms with Crippen LogP contribution in [-0.4, -0.2) is 48.6 Å². The number of carbonyl (C=O) groups excluding carboxylic acids is 2. The van der Waals surface area contributed by atoms with Crippen molar-refractivity contribution in [1.29, 1.82) is 0 Å². The van der Waals surface area contributed by atoms with E-state index in [1.54, 1.807) is 36.5 Å². The number of amides is 2. The van der Waals surface area contributed by atoms with Crippen LogP contribution in [0.3, 0.4) is 0 Å². The number of carbonyl (C=O) groups is 2. The minimum Gasteiger partial charge on any atom is -0.299 e. The topological polar surface area (TPSA) is 53.0 Å². The van der Waals surface area contributed by atoms with Gasteiger partial charge in [-0.15, -0.1) is 0 Å². The van der Waals surface area contributed by atoms with E-state index in [9.17, 15) is 14.0 Å². The first-order chi connectivity index (χ1) is 14.1. The van der Waals surface area contributed by atoms with Crippen LogP contribution in [0.1, 0.15) is 41.6 Å². The number of rotatable bonds is 5. The number of anilines is 1. The van der Waals surface area contributed by atoms with E-state index < -0.39 is 23.5 Å². The summed E-state index contributed by atoms with van der Waals surface area (Å²) in [6.45, 7) is 4.83. The predicted molar refractivity (Wildman–Crippen MR) is 111 cm³/mol. The molecule has 2 aliphatic heterocycles. The third-order valence-corrected chi connectivity index (χ3v) is 5.79. The maximum atomic E-state index is 14.4. The van der Waals surface area contributed by atoms with E-state index in [1.807, 2.05) is 0 Å². The molecule has 2 atom stereocenters. The van der Waals surface area contributed by atoms with Crippen molar-refractivity contribution in [3.8, 4) is 0 Å². The summed E-state index contributed by atoms with van der Waals surface area (Å²) in [6, 6.07) is 13.2. The molecule has 1 saturated heterocycles. The summed E-state index contributed by atoms with van der Waals surface area (Å²) in [4.78, 5) is 34.1. The first-order valence-corrected chi connectivity index (χ1v) is 10.1. The molecule has 1 unspecified atom stereocenters. The highest BCUT2D eigenvalue weighted by atomic mass is 19.1. The Hall–Kier alpha value is -2.86. The molecule has 0 aliphatic carbocycles. The largest absolute Gasteiger partial charge is 0.299 e. The van der Waals surface area contributed by atoms with E-state index in [0.29, 0.717) is 23.7 Å². The van der Waals surface area contributed by atoms with Gasteiger partial charge in [0.1, 0.15) is 5.82 Å². The number of aliphatic imine (C=N–C) groups is 1. The van der Waals surface area contributed by atoms with Crippen LogP contribution >= 0.6 is 0 Å². The van der Waals surface area contributed by atoms with Gasteiger partial charge in [-0.3, -0.25) is 19.5 Å². The molecular formula is C23H24FN3O2. The fraction of sp³-hybridized carbons (Fsp3) is 0.348. The second-order valence-corrected chi connectivity index (χ2v) is 7.43. The molecule has 2 heterocycles. The Morgan fingerprint density at radius 1 is 1.14 bits per heavy atom. The zero-order valence-corrected chi connectivity index (χ0v) is 16.4. The van der Waals surface area contributed by atoms with Gasteiger partial charge in [0.25, 0.3) is 5.91 Å². The van der Waals surface area contributed by atoms with Crippen molar-refractivity contribution < 1.29 is 14.0 Å². The van der Waals surface area contributed by atoms with Gasteiger partial charge in [-0.25, -0.2) is 9.29 Å². The summed E-state index contributed by atoms with van der Waals surface area (Å²) in [6.07, 6.45) is 3.89. The highest BCUT2D eigenvalue weighted by Crippen LogP contribution is 2.33. The Balaban J connectivity index is 1.66. The Morgan fingerprint density at radius 2 is 1.90 bits per heavy atom. The molecule has 0 saturated carbocycles. The van der Waals surface area contributed by atoms with Gasteiger partial charge in [0.05, 0.1) is 18.2 Å². The average molecular weight is 393 g/mol. The quantitative estimate of drug-likeness (QED) is 0.576. The number of benzene rings is 2. The molecular weight excluding hydrogens is 369 g/mol. The van der Waals surface area contributed by atoms with Crippen molar-refractivity contribution in [1.82, 2.24) is 4.90 Å². The summed E-state index contributed by atoms with van der Waals surface area (Å²) < 4.78 is 14.4. The van der Waals surface area contributed by atoms with Gasteiger partial charge in [-0.05, 0) is 49.7 Å². The molecule has 5 nitrogen and oxygen atoms in total. The van der Waals surface area contributed by atoms with Crippen LogP contribution in [0.4, 0.5) is 10.1 Å². The van der Waals surface area contributed by atoms with Crippen molar-refractivity contribution in [2.75, 3.05) is 24.5 Å². The van der Waals surface area contributed by atoms with Gasteiger partial charge in [0.15, 0.2) is 0 Å². The lowest BCUT2D eigenvalue weighted by atomic mass is 9.89. The van der Waals surface area contributed by atoms with Gasteiger partial charge in [-0.2, -0.15) is 0 Å². The summed E-state index contributed by atoms with van der Waals surface area (Å²) in [5, 5.41) is 0. The summed E-state index contributed by atoms with van der Waals surface area (Å²) >= 11 is 0. The predicted octanol–water partition coefficient (Wildman–Crippen LogP) is 3.65. The first kappa shape index (κ1) is 19.5. The second kappa shape index (κ2) is 8.25. The molecule has 1 fully saturated rings. The third kappa shape index (κ3) is 3.60. The standard InChI is InChI=1S/C23H24FN3O2/c1-2-26-13-7-8-16(26)14-25-15-19-17-9-3-4-10-18(17)22(28)27(23(19)29)21-12-6-5-11-20(21)24/h3-6,9-12,15-16,19H,2,7-8,13-14H2,1H3/t16-,19?/m1/s1. The van der Waals surface area contributed by atoms with Crippen LogP contribution in [-0.2, 0) is 4.79 Å². The molecule has 4 rings (SSSR count). The lowest BCUT2D eigenvalue weighted by Gasteiger charge is -2.31. The zero-order valence-electron chi connectivity index (χ0n) is 16.4. The van der Waals surface area contributed by atoms with Gasteiger partial charge >= 0.3 is 0 Å². The van der Waals surface area contributed by atoms with E-state index >= 15 is 0 Å². The van der Waals surface area contributed by atoms with Gasteiger partial charge in [0.2, 0.25) is 5.91 Å². The van der Waals surface area contributed by atoms with Crippen LogP contribution in [0, 0.1) is 5.82 Å². The smallest absolute Gasteiger partial charge is 0.265 e. The van der Waals surface area contributed by atoms with Gasteiger partial charge in [0, 0.05) is 17.8 Å². The Morgan fingerprint density at radius 3 is 2.69 bits per heavy atom. The van der Waals surface area contributed by atoms with Crippen LogP contribution in [0.25, 0.3) is 0 Å². The Bertz CT molecular complexity index is 959. The maximum absolute atomic E-state index is 14.4. The average Bonchev–Trinajstić information content (AvgIpc) is 3.19. The molecule has 2 amide bonds. The Kier molecular flexibility index (Phi) is 5.53. The van der Waals surface area contributed by atoms with Gasteiger partial charge in [-0.1, -0.05) is 37.3 Å². The monoisotopic (exact) mass is 393 g/mol. The summed E-state index contributed by atoms with van der Waals surface area (Å²) in [5.41, 5.74) is 1.00. The van der Waals surface area contributed by atoms with E-state index in [2.05, 4.69) is 16.8 Å². The lowest BCUT2D eigenvalue weighted by molar-refractivity contribution is -0.118. The number of hydrogen-bond acceptors (Lipinski definition) is 4. The van der Waals surface area contributed by atoms with E-state index in [4.69, 9.17) is 0 Å². The second-order valence-electron chi connectivity index (χ2n) is 7.43. The summed E-state index contributed by atoms with van der Waals surface area (Å²) in [5.74, 6) is -2.29. The molecule has 0 spiro atoms. The number of likely N-dealkylation sites (N-methyl/N-ethyl adjacent to an activating group) is 1. The van der Waals surface area contributed by atoms with Crippen LogP contribution in [0.15, 0.2) is 53.5 Å². The van der Waals surface area contributed by atoms with Gasteiger partial charge < -0.3 is 0 Å². The SMILES string of the molecule is CCN1CCC[C@@H]1CN=CC1C(=O)N(c2ccccc2F)C(=O)c2ccccc21. The van der Waals surface area contributed by atoms with Crippen LogP contribution in [0.5, 0.6) is 0 Å². The normalized spacial score (nSPS) is 22.5. The molecule has 150 valence electrons. The highest BCUT2D eigenvalue weighted by Gasteiger charge is 2.39. The molecule has 6 heteroatoms. The lowest BCUT2D eigenvalue weighted by Crippen LogP contribution is -2.46. The van der Waals surface area contributed by atoms with Crippen molar-refractivity contribution in [3.63, 3.8) is 0 Å². The minimum absolute atomic E-state index is 0.0247. The first-order valence-electron chi connectivity index (χ1n) is 10.1. The van der Waals surface area contributed by atoms with Crippen LogP contribution in [0.2, 0.25) is 0 Å².